The zero-order valence-corrected chi connectivity index (χ0v) is 14.0. The minimum atomic E-state index is -0.357. The first-order valence-corrected chi connectivity index (χ1v) is 7.15. The minimum Gasteiger partial charge on any atom is -0.322 e. The lowest BCUT2D eigenvalue weighted by Gasteiger charge is -2.01. The van der Waals surface area contributed by atoms with Crippen molar-refractivity contribution in [2.45, 2.75) is 6.54 Å². The standard InChI is InChI=1S/C13H10ClN3O2S.BrH/c14-8-2-1-3-9(6-8)16-11(18)7-10-12(19)17-5-4-15-13(17)20-10;/h1-3,6-7H,4-5H2,(H,16,18);1H/b10-7-;. The normalized spacial score (nSPS) is 13.3. The number of carbonyl (C=O) groups excluding carboxylic acids is 1. The molecule has 2 heterocycles. The first-order valence-electron chi connectivity index (χ1n) is 5.96. The van der Waals surface area contributed by atoms with Gasteiger partial charge in [-0.1, -0.05) is 29.0 Å². The van der Waals surface area contributed by atoms with Gasteiger partial charge in [-0.2, -0.15) is 0 Å². The van der Waals surface area contributed by atoms with E-state index in [-0.39, 0.29) is 28.4 Å². The number of fused-ring (bicyclic) bond motifs is 1. The molecule has 110 valence electrons. The number of amides is 1. The van der Waals surface area contributed by atoms with Crippen LogP contribution in [0.1, 0.15) is 0 Å². The van der Waals surface area contributed by atoms with Gasteiger partial charge in [-0.15, -0.1) is 17.0 Å². The SMILES string of the molecule is Br.O=C(/C=c1\sc2n(c1=O)CCN=2)Nc1cccc(Cl)c1. The Bertz CT molecular complexity index is 859. The number of halogens is 2. The summed E-state index contributed by atoms with van der Waals surface area (Å²) in [5.41, 5.74) is 0.431. The number of nitrogens with one attached hydrogen (secondary N) is 1. The molecule has 2 aromatic rings. The molecule has 1 amide bonds. The lowest BCUT2D eigenvalue weighted by molar-refractivity contribution is -0.110. The third kappa shape index (κ3) is 3.42. The Morgan fingerprint density at radius 3 is 3.00 bits per heavy atom. The van der Waals surface area contributed by atoms with Crippen molar-refractivity contribution in [3.8, 4) is 0 Å². The lowest BCUT2D eigenvalue weighted by atomic mass is 10.3. The predicted molar refractivity (Wildman–Crippen MR) is 89.1 cm³/mol. The van der Waals surface area contributed by atoms with Crippen LogP contribution in [0.2, 0.25) is 5.02 Å². The van der Waals surface area contributed by atoms with E-state index in [1.807, 2.05) is 0 Å². The smallest absolute Gasteiger partial charge is 0.270 e. The van der Waals surface area contributed by atoms with Crippen LogP contribution in [-0.2, 0) is 11.3 Å². The molecular weight excluding hydrogens is 378 g/mol. The summed E-state index contributed by atoms with van der Waals surface area (Å²) >= 11 is 7.07. The molecule has 0 saturated heterocycles. The van der Waals surface area contributed by atoms with Crippen molar-refractivity contribution in [1.29, 1.82) is 0 Å². The molecule has 0 saturated carbocycles. The van der Waals surface area contributed by atoms with E-state index in [0.29, 0.717) is 33.1 Å². The molecule has 1 aromatic carbocycles. The fraction of sp³-hybridized carbons (Fsp3) is 0.154. The zero-order valence-electron chi connectivity index (χ0n) is 10.7. The molecule has 0 spiro atoms. The topological polar surface area (TPSA) is 63.5 Å². The second-order valence-corrected chi connectivity index (χ2v) is 5.68. The van der Waals surface area contributed by atoms with Gasteiger partial charge in [-0.25, -0.2) is 0 Å². The number of hydrogen-bond donors (Lipinski definition) is 1. The van der Waals surface area contributed by atoms with Crippen molar-refractivity contribution < 1.29 is 4.79 Å². The molecule has 0 bridgehead atoms. The van der Waals surface area contributed by atoms with Crippen molar-refractivity contribution in [2.75, 3.05) is 11.9 Å². The maximum atomic E-state index is 12.0. The summed E-state index contributed by atoms with van der Waals surface area (Å²) in [6.07, 6.45) is 1.30. The number of aromatic nitrogens is 1. The minimum absolute atomic E-state index is 0. The van der Waals surface area contributed by atoms with Crippen LogP contribution in [0.15, 0.2) is 34.1 Å². The van der Waals surface area contributed by atoms with Crippen LogP contribution in [-0.4, -0.2) is 17.0 Å². The van der Waals surface area contributed by atoms with E-state index in [9.17, 15) is 9.59 Å². The van der Waals surface area contributed by atoms with E-state index < -0.39 is 0 Å². The van der Waals surface area contributed by atoms with Gasteiger partial charge in [-0.3, -0.25) is 19.1 Å². The van der Waals surface area contributed by atoms with E-state index in [1.165, 1.54) is 17.4 Å². The van der Waals surface area contributed by atoms with Gasteiger partial charge >= 0.3 is 0 Å². The van der Waals surface area contributed by atoms with Crippen molar-refractivity contribution >= 4 is 57.6 Å². The number of hydrogen-bond acceptors (Lipinski definition) is 4. The highest BCUT2D eigenvalue weighted by atomic mass is 79.9. The summed E-state index contributed by atoms with van der Waals surface area (Å²) in [6.45, 7) is 1.23. The summed E-state index contributed by atoms with van der Waals surface area (Å²) < 4.78 is 1.98. The summed E-state index contributed by atoms with van der Waals surface area (Å²) in [6, 6.07) is 6.84. The molecule has 21 heavy (non-hydrogen) atoms. The fourth-order valence-electron chi connectivity index (χ4n) is 1.93. The van der Waals surface area contributed by atoms with Crippen molar-refractivity contribution in [3.63, 3.8) is 0 Å². The Hall–Kier alpha value is -1.44. The Labute approximate surface area is 139 Å². The van der Waals surface area contributed by atoms with Crippen LogP contribution >= 0.6 is 39.9 Å². The van der Waals surface area contributed by atoms with E-state index in [0.717, 1.165) is 0 Å². The van der Waals surface area contributed by atoms with Gasteiger partial charge in [0.15, 0.2) is 4.80 Å². The lowest BCUT2D eigenvalue weighted by Crippen LogP contribution is -2.30. The second-order valence-electron chi connectivity index (χ2n) is 4.23. The first-order chi connectivity index (χ1) is 9.63. The van der Waals surface area contributed by atoms with E-state index >= 15 is 0 Å². The highest BCUT2D eigenvalue weighted by molar-refractivity contribution is 8.93. The van der Waals surface area contributed by atoms with Crippen LogP contribution in [0.25, 0.3) is 6.08 Å². The Kier molecular flexibility index (Phi) is 4.97. The molecule has 5 nitrogen and oxygen atoms in total. The molecule has 1 aromatic heterocycles. The Morgan fingerprint density at radius 1 is 1.48 bits per heavy atom. The van der Waals surface area contributed by atoms with Crippen LogP contribution in [0.5, 0.6) is 0 Å². The number of thiazole rings is 1. The largest absolute Gasteiger partial charge is 0.322 e. The molecule has 0 fully saturated rings. The van der Waals surface area contributed by atoms with Gasteiger partial charge in [0, 0.05) is 23.3 Å². The van der Waals surface area contributed by atoms with Gasteiger partial charge in [0.1, 0.15) is 4.53 Å². The summed E-state index contributed by atoms with van der Waals surface area (Å²) in [5, 5.41) is 3.21. The van der Waals surface area contributed by atoms with Gasteiger partial charge in [-0.05, 0) is 18.2 Å². The van der Waals surface area contributed by atoms with E-state index in [4.69, 9.17) is 11.6 Å². The van der Waals surface area contributed by atoms with Crippen LogP contribution in [0.4, 0.5) is 5.69 Å². The van der Waals surface area contributed by atoms with Crippen LogP contribution < -0.4 is 20.2 Å². The monoisotopic (exact) mass is 387 g/mol. The Balaban J connectivity index is 0.00000161. The number of nitrogens with zero attached hydrogens (tertiary/aromatic N) is 2. The first kappa shape index (κ1) is 15.9. The van der Waals surface area contributed by atoms with Crippen LogP contribution in [0, 0.1) is 0 Å². The number of carbonyl (C=O) groups is 1. The van der Waals surface area contributed by atoms with Crippen molar-refractivity contribution in [2.24, 2.45) is 4.99 Å². The molecular formula is C13H11BrClN3O2S. The molecule has 1 N–H and O–H groups in total. The molecule has 8 heteroatoms. The number of rotatable bonds is 2. The summed E-state index contributed by atoms with van der Waals surface area (Å²) in [4.78, 5) is 28.7. The average Bonchev–Trinajstić information content (AvgIpc) is 2.94. The van der Waals surface area contributed by atoms with Crippen molar-refractivity contribution in [1.82, 2.24) is 4.57 Å². The van der Waals surface area contributed by atoms with Gasteiger partial charge < -0.3 is 5.32 Å². The molecule has 0 aliphatic carbocycles. The van der Waals surface area contributed by atoms with Gasteiger partial charge in [0.05, 0.1) is 6.54 Å². The second kappa shape index (κ2) is 6.55. The third-order valence-corrected chi connectivity index (χ3v) is 4.09. The zero-order chi connectivity index (χ0) is 14.1. The molecule has 0 atom stereocenters. The van der Waals surface area contributed by atoms with Crippen LogP contribution in [0.3, 0.4) is 0 Å². The predicted octanol–water partition coefficient (Wildman–Crippen LogP) is 1.19. The highest BCUT2D eigenvalue weighted by Crippen LogP contribution is 2.14. The number of anilines is 1. The third-order valence-electron chi connectivity index (χ3n) is 2.81. The molecule has 1 aliphatic heterocycles. The summed E-state index contributed by atoms with van der Waals surface area (Å²) in [7, 11) is 0. The maximum absolute atomic E-state index is 12.0. The molecule has 0 unspecified atom stereocenters. The quantitative estimate of drug-likeness (QED) is 0.840. The molecule has 1 aliphatic rings. The fourth-order valence-corrected chi connectivity index (χ4v) is 3.12. The highest BCUT2D eigenvalue weighted by Gasteiger charge is 2.10. The van der Waals surface area contributed by atoms with E-state index in [2.05, 4.69) is 10.3 Å². The summed E-state index contributed by atoms with van der Waals surface area (Å²) in [5.74, 6) is -0.357. The maximum Gasteiger partial charge on any atom is 0.270 e. The molecule has 0 radical (unpaired) electrons. The molecule has 3 rings (SSSR count). The van der Waals surface area contributed by atoms with E-state index in [1.54, 1.807) is 28.8 Å². The number of benzene rings is 1. The van der Waals surface area contributed by atoms with Gasteiger partial charge in [0.25, 0.3) is 5.56 Å². The van der Waals surface area contributed by atoms with Crippen molar-refractivity contribution in [3.05, 3.63) is 49.0 Å². The Morgan fingerprint density at radius 2 is 2.29 bits per heavy atom. The average molecular weight is 389 g/mol. The van der Waals surface area contributed by atoms with Gasteiger partial charge in [0.2, 0.25) is 5.91 Å².